The molecule has 0 heterocycles. The minimum absolute atomic E-state index is 0.186. The summed E-state index contributed by atoms with van der Waals surface area (Å²) in [6, 6.07) is 10.7. The summed E-state index contributed by atoms with van der Waals surface area (Å²) in [5.74, 6) is 0.936. The molecule has 0 aliphatic heterocycles. The molecule has 2 atom stereocenters. The zero-order chi connectivity index (χ0) is 15.6. The number of ether oxygens (including phenoxy) is 1. The Hall–Kier alpha value is -1.35. The molecule has 3 heteroatoms. The third kappa shape index (κ3) is 6.61. The summed E-state index contributed by atoms with van der Waals surface area (Å²) in [6.45, 7) is 3.67. The normalized spacial score (nSPS) is 21.5. The highest BCUT2D eigenvalue weighted by atomic mass is 16.5. The molecule has 0 radical (unpaired) electrons. The number of carbonyl (C=O) groups is 1. The summed E-state index contributed by atoms with van der Waals surface area (Å²) in [7, 11) is 0. The van der Waals surface area contributed by atoms with Crippen molar-refractivity contribution in [1.29, 1.82) is 0 Å². The molecule has 0 aromatic heterocycles. The SMILES string of the molecule is CC1CCCC(NC(=O)CCCOCCc2ccccc2)C1. The smallest absolute Gasteiger partial charge is 0.220 e. The average Bonchev–Trinajstić information content (AvgIpc) is 2.52. The van der Waals surface area contributed by atoms with Crippen LogP contribution in [0.2, 0.25) is 0 Å². The van der Waals surface area contributed by atoms with Gasteiger partial charge in [0.05, 0.1) is 6.61 Å². The minimum Gasteiger partial charge on any atom is -0.381 e. The molecule has 1 amide bonds. The Morgan fingerprint density at radius 1 is 1.23 bits per heavy atom. The van der Waals surface area contributed by atoms with Crippen LogP contribution in [0.5, 0.6) is 0 Å². The van der Waals surface area contributed by atoms with E-state index in [1.165, 1.54) is 18.4 Å². The van der Waals surface area contributed by atoms with E-state index in [9.17, 15) is 4.79 Å². The van der Waals surface area contributed by atoms with Gasteiger partial charge in [0.1, 0.15) is 0 Å². The van der Waals surface area contributed by atoms with Crippen molar-refractivity contribution in [2.45, 2.75) is 57.9 Å². The Kier molecular flexibility index (Phi) is 7.44. The first kappa shape index (κ1) is 17.0. The maximum Gasteiger partial charge on any atom is 0.220 e. The third-order valence-electron chi connectivity index (χ3n) is 4.37. The number of carbonyl (C=O) groups excluding carboxylic acids is 1. The van der Waals surface area contributed by atoms with Crippen molar-refractivity contribution in [2.24, 2.45) is 5.92 Å². The fourth-order valence-corrected chi connectivity index (χ4v) is 3.14. The van der Waals surface area contributed by atoms with E-state index in [0.29, 0.717) is 19.1 Å². The lowest BCUT2D eigenvalue weighted by Gasteiger charge is -2.27. The summed E-state index contributed by atoms with van der Waals surface area (Å²) in [5.41, 5.74) is 1.30. The second kappa shape index (κ2) is 9.62. The van der Waals surface area contributed by atoms with Crippen molar-refractivity contribution in [3.63, 3.8) is 0 Å². The van der Waals surface area contributed by atoms with Crippen LogP contribution in [0.4, 0.5) is 0 Å². The first-order valence-electron chi connectivity index (χ1n) is 8.65. The molecule has 122 valence electrons. The van der Waals surface area contributed by atoms with Crippen LogP contribution in [0.3, 0.4) is 0 Å². The maximum atomic E-state index is 11.9. The van der Waals surface area contributed by atoms with E-state index in [4.69, 9.17) is 4.74 Å². The van der Waals surface area contributed by atoms with Gasteiger partial charge >= 0.3 is 0 Å². The molecule has 1 fully saturated rings. The topological polar surface area (TPSA) is 38.3 Å². The van der Waals surface area contributed by atoms with E-state index in [1.807, 2.05) is 18.2 Å². The fourth-order valence-electron chi connectivity index (χ4n) is 3.14. The van der Waals surface area contributed by atoms with Gasteiger partial charge in [0.15, 0.2) is 0 Å². The molecule has 2 unspecified atom stereocenters. The van der Waals surface area contributed by atoms with E-state index in [0.717, 1.165) is 38.2 Å². The highest BCUT2D eigenvalue weighted by Gasteiger charge is 2.19. The van der Waals surface area contributed by atoms with Gasteiger partial charge in [0, 0.05) is 19.1 Å². The number of hydrogen-bond acceptors (Lipinski definition) is 2. The van der Waals surface area contributed by atoms with Crippen LogP contribution < -0.4 is 5.32 Å². The lowest BCUT2D eigenvalue weighted by atomic mass is 9.87. The molecule has 0 bridgehead atoms. The molecule has 1 aromatic carbocycles. The first-order chi connectivity index (χ1) is 10.7. The van der Waals surface area contributed by atoms with Crippen molar-refractivity contribution in [1.82, 2.24) is 5.32 Å². The van der Waals surface area contributed by atoms with Crippen LogP contribution in [0.25, 0.3) is 0 Å². The van der Waals surface area contributed by atoms with Gasteiger partial charge in [-0.3, -0.25) is 4.79 Å². The van der Waals surface area contributed by atoms with E-state index in [1.54, 1.807) is 0 Å². The Labute approximate surface area is 134 Å². The van der Waals surface area contributed by atoms with Crippen LogP contribution in [-0.4, -0.2) is 25.2 Å². The molecule has 3 nitrogen and oxygen atoms in total. The molecule has 0 saturated heterocycles. The van der Waals surface area contributed by atoms with Gasteiger partial charge in [-0.25, -0.2) is 0 Å². The highest BCUT2D eigenvalue weighted by molar-refractivity contribution is 5.76. The molecule has 1 aliphatic rings. The summed E-state index contributed by atoms with van der Waals surface area (Å²) in [5, 5.41) is 3.17. The molecule has 0 spiro atoms. The molecular weight excluding hydrogens is 274 g/mol. The van der Waals surface area contributed by atoms with Gasteiger partial charge in [-0.05, 0) is 37.2 Å². The van der Waals surface area contributed by atoms with E-state index >= 15 is 0 Å². The van der Waals surface area contributed by atoms with Crippen molar-refractivity contribution >= 4 is 5.91 Å². The highest BCUT2D eigenvalue weighted by Crippen LogP contribution is 2.23. The molecule has 1 saturated carbocycles. The monoisotopic (exact) mass is 303 g/mol. The van der Waals surface area contributed by atoms with Gasteiger partial charge < -0.3 is 10.1 Å². The summed E-state index contributed by atoms with van der Waals surface area (Å²) in [6.07, 6.45) is 7.16. The van der Waals surface area contributed by atoms with Gasteiger partial charge in [-0.2, -0.15) is 0 Å². The summed E-state index contributed by atoms with van der Waals surface area (Å²) in [4.78, 5) is 11.9. The van der Waals surface area contributed by atoms with Gasteiger partial charge in [-0.15, -0.1) is 0 Å². The number of amides is 1. The molecule has 1 N–H and O–H groups in total. The second-order valence-electron chi connectivity index (χ2n) is 6.49. The van der Waals surface area contributed by atoms with E-state index < -0.39 is 0 Å². The minimum atomic E-state index is 0.186. The molecule has 2 rings (SSSR count). The summed E-state index contributed by atoms with van der Waals surface area (Å²) < 4.78 is 5.62. The van der Waals surface area contributed by atoms with E-state index in [-0.39, 0.29) is 5.91 Å². The van der Waals surface area contributed by atoms with Crippen molar-refractivity contribution in [3.05, 3.63) is 35.9 Å². The number of rotatable bonds is 8. The van der Waals surface area contributed by atoms with Crippen LogP contribution >= 0.6 is 0 Å². The molecule has 1 aliphatic carbocycles. The Morgan fingerprint density at radius 2 is 2.05 bits per heavy atom. The quantitative estimate of drug-likeness (QED) is 0.743. The Balaban J connectivity index is 1.48. The zero-order valence-corrected chi connectivity index (χ0v) is 13.7. The predicted octanol–water partition coefficient (Wildman–Crippen LogP) is 3.72. The van der Waals surface area contributed by atoms with Crippen LogP contribution in [0, 0.1) is 5.92 Å². The average molecular weight is 303 g/mol. The van der Waals surface area contributed by atoms with E-state index in [2.05, 4.69) is 24.4 Å². The number of nitrogens with one attached hydrogen (secondary N) is 1. The number of hydrogen-bond donors (Lipinski definition) is 1. The third-order valence-corrected chi connectivity index (χ3v) is 4.37. The van der Waals surface area contributed by atoms with Crippen molar-refractivity contribution in [3.8, 4) is 0 Å². The van der Waals surface area contributed by atoms with Crippen LogP contribution in [-0.2, 0) is 16.0 Å². The van der Waals surface area contributed by atoms with Crippen molar-refractivity contribution < 1.29 is 9.53 Å². The lowest BCUT2D eigenvalue weighted by Crippen LogP contribution is -2.37. The molecule has 22 heavy (non-hydrogen) atoms. The fraction of sp³-hybridized carbons (Fsp3) is 0.632. The largest absolute Gasteiger partial charge is 0.381 e. The first-order valence-corrected chi connectivity index (χ1v) is 8.65. The summed E-state index contributed by atoms with van der Waals surface area (Å²) >= 11 is 0. The standard InChI is InChI=1S/C19H29NO2/c1-16-7-5-10-18(15-16)20-19(21)11-6-13-22-14-12-17-8-3-2-4-9-17/h2-4,8-9,16,18H,5-7,10-15H2,1H3,(H,20,21). The zero-order valence-electron chi connectivity index (χ0n) is 13.7. The van der Waals surface area contributed by atoms with Gasteiger partial charge in [0.2, 0.25) is 5.91 Å². The van der Waals surface area contributed by atoms with Crippen LogP contribution in [0.1, 0.15) is 51.0 Å². The van der Waals surface area contributed by atoms with Crippen molar-refractivity contribution in [2.75, 3.05) is 13.2 Å². The Bertz CT molecular complexity index is 432. The lowest BCUT2D eigenvalue weighted by molar-refractivity contribution is -0.122. The van der Waals surface area contributed by atoms with Gasteiger partial charge in [0.25, 0.3) is 0 Å². The molecular formula is C19H29NO2. The predicted molar refractivity (Wildman–Crippen MR) is 89.8 cm³/mol. The number of benzene rings is 1. The Morgan fingerprint density at radius 3 is 2.82 bits per heavy atom. The second-order valence-corrected chi connectivity index (χ2v) is 6.49. The van der Waals surface area contributed by atoms with Crippen LogP contribution in [0.15, 0.2) is 30.3 Å². The molecule has 1 aromatic rings. The maximum absolute atomic E-state index is 11.9. The van der Waals surface area contributed by atoms with Gasteiger partial charge in [-0.1, -0.05) is 50.1 Å².